The van der Waals surface area contributed by atoms with Crippen molar-refractivity contribution < 1.29 is 4.42 Å². The van der Waals surface area contributed by atoms with Gasteiger partial charge in [-0.3, -0.25) is 4.90 Å². The van der Waals surface area contributed by atoms with E-state index in [1.807, 2.05) is 37.4 Å². The Kier molecular flexibility index (Phi) is 5.64. The fourth-order valence-corrected chi connectivity index (χ4v) is 3.27. The fraction of sp³-hybridized carbons (Fsp3) is 0.222. The smallest absolute Gasteiger partial charge is 0.249 e. The van der Waals surface area contributed by atoms with Gasteiger partial charge in [0, 0.05) is 16.1 Å². The molecule has 0 spiro atoms. The first kappa shape index (κ1) is 18.2. The van der Waals surface area contributed by atoms with Crippen LogP contribution in [0, 0.1) is 0 Å². The highest BCUT2D eigenvalue weighted by Gasteiger charge is 2.18. The second kappa shape index (κ2) is 7.75. The van der Waals surface area contributed by atoms with Crippen LogP contribution in [-0.4, -0.2) is 22.1 Å². The molecule has 0 radical (unpaired) electrons. The molecular formula is C18H16Cl3N3O. The van der Waals surface area contributed by atoms with Crippen molar-refractivity contribution in [3.8, 4) is 11.5 Å². The Balaban J connectivity index is 1.75. The summed E-state index contributed by atoms with van der Waals surface area (Å²) in [5.74, 6) is 0.917. The maximum Gasteiger partial charge on any atom is 0.249 e. The molecule has 25 heavy (non-hydrogen) atoms. The lowest BCUT2D eigenvalue weighted by Crippen LogP contribution is -2.22. The van der Waals surface area contributed by atoms with Crippen LogP contribution < -0.4 is 0 Å². The second-order valence-electron chi connectivity index (χ2n) is 5.74. The van der Waals surface area contributed by atoms with Crippen LogP contribution in [-0.2, 0) is 6.54 Å². The lowest BCUT2D eigenvalue weighted by Gasteiger charge is -2.24. The molecular weight excluding hydrogens is 381 g/mol. The van der Waals surface area contributed by atoms with Crippen LogP contribution in [0.3, 0.4) is 0 Å². The molecule has 2 aromatic carbocycles. The molecule has 3 rings (SSSR count). The molecule has 4 nitrogen and oxygen atoms in total. The predicted molar refractivity (Wildman–Crippen MR) is 101 cm³/mol. The minimum atomic E-state index is 0.0560. The summed E-state index contributed by atoms with van der Waals surface area (Å²) in [6, 6.07) is 12.9. The van der Waals surface area contributed by atoms with Gasteiger partial charge in [0.25, 0.3) is 0 Å². The quantitative estimate of drug-likeness (QED) is 0.539. The zero-order valence-corrected chi connectivity index (χ0v) is 16.0. The maximum atomic E-state index is 6.30. The molecule has 3 aromatic rings. The molecule has 0 saturated heterocycles. The van der Waals surface area contributed by atoms with Crippen molar-refractivity contribution in [1.82, 2.24) is 15.1 Å². The van der Waals surface area contributed by atoms with Crippen LogP contribution in [0.4, 0.5) is 0 Å². The van der Waals surface area contributed by atoms with Crippen LogP contribution in [0.15, 0.2) is 46.9 Å². The van der Waals surface area contributed by atoms with Crippen LogP contribution >= 0.6 is 34.8 Å². The van der Waals surface area contributed by atoms with Gasteiger partial charge in [-0.15, -0.1) is 10.2 Å². The van der Waals surface area contributed by atoms with Gasteiger partial charge >= 0.3 is 0 Å². The molecule has 1 atom stereocenters. The number of hydrogen-bond donors (Lipinski definition) is 0. The van der Waals surface area contributed by atoms with Crippen LogP contribution in [0.2, 0.25) is 15.1 Å². The normalized spacial score (nSPS) is 12.6. The molecule has 1 heterocycles. The molecule has 0 aliphatic heterocycles. The highest BCUT2D eigenvalue weighted by molar-refractivity contribution is 6.35. The first-order valence-electron chi connectivity index (χ1n) is 7.68. The van der Waals surface area contributed by atoms with E-state index in [4.69, 9.17) is 39.2 Å². The summed E-state index contributed by atoms with van der Waals surface area (Å²) < 4.78 is 5.75. The van der Waals surface area contributed by atoms with E-state index in [0.29, 0.717) is 33.4 Å². The van der Waals surface area contributed by atoms with Gasteiger partial charge in [-0.05, 0) is 43.8 Å². The molecule has 0 fully saturated rings. The number of rotatable bonds is 5. The molecule has 0 N–H and O–H groups in total. The Morgan fingerprint density at radius 2 is 1.80 bits per heavy atom. The van der Waals surface area contributed by atoms with Gasteiger partial charge in [-0.1, -0.05) is 53.0 Å². The Morgan fingerprint density at radius 3 is 2.52 bits per heavy atom. The average Bonchev–Trinajstić information content (AvgIpc) is 3.03. The third-order valence-electron chi connectivity index (χ3n) is 4.03. The topological polar surface area (TPSA) is 42.2 Å². The average molecular weight is 397 g/mol. The summed E-state index contributed by atoms with van der Waals surface area (Å²) in [5, 5.41) is 10.0. The monoisotopic (exact) mass is 395 g/mol. The SMILES string of the molecule is CC(c1ccc(Cl)cc1Cl)N(C)Cc1nnc(-c2ccccc2Cl)o1. The molecule has 0 saturated carbocycles. The van der Waals surface area contributed by atoms with Crippen molar-refractivity contribution in [2.24, 2.45) is 0 Å². The van der Waals surface area contributed by atoms with Gasteiger partial charge in [0.2, 0.25) is 11.8 Å². The summed E-state index contributed by atoms with van der Waals surface area (Å²) in [5.41, 5.74) is 1.71. The van der Waals surface area contributed by atoms with Crippen LogP contribution in [0.5, 0.6) is 0 Å². The predicted octanol–water partition coefficient (Wildman–Crippen LogP) is 5.89. The summed E-state index contributed by atoms with van der Waals surface area (Å²) in [7, 11) is 1.97. The standard InChI is InChI=1S/C18H16Cl3N3O/c1-11(13-8-7-12(19)9-16(13)21)24(2)10-17-22-23-18(25-17)14-5-3-4-6-15(14)20/h3-9,11H,10H2,1-2H3. The number of benzene rings is 2. The van der Waals surface area contributed by atoms with Crippen LogP contribution in [0.1, 0.15) is 24.4 Å². The zero-order chi connectivity index (χ0) is 18.0. The number of nitrogens with zero attached hydrogens (tertiary/aromatic N) is 3. The van der Waals surface area contributed by atoms with Gasteiger partial charge in [-0.25, -0.2) is 0 Å². The van der Waals surface area contributed by atoms with Gasteiger partial charge < -0.3 is 4.42 Å². The highest BCUT2D eigenvalue weighted by atomic mass is 35.5. The first-order valence-corrected chi connectivity index (χ1v) is 8.81. The van der Waals surface area contributed by atoms with E-state index in [1.165, 1.54) is 0 Å². The Hall–Kier alpha value is -1.59. The summed E-state index contributed by atoms with van der Waals surface area (Å²) in [4.78, 5) is 2.07. The molecule has 1 aromatic heterocycles. The van der Waals surface area contributed by atoms with Gasteiger partial charge in [0.15, 0.2) is 0 Å². The van der Waals surface area contributed by atoms with Crippen molar-refractivity contribution in [2.75, 3.05) is 7.05 Å². The van der Waals surface area contributed by atoms with Crippen LogP contribution in [0.25, 0.3) is 11.5 Å². The van der Waals surface area contributed by atoms with Crippen molar-refractivity contribution in [3.05, 3.63) is 69.0 Å². The number of aromatic nitrogens is 2. The molecule has 0 aliphatic carbocycles. The van der Waals surface area contributed by atoms with Crippen molar-refractivity contribution >= 4 is 34.8 Å². The molecule has 130 valence electrons. The molecule has 0 bridgehead atoms. The van der Waals surface area contributed by atoms with Crippen molar-refractivity contribution in [1.29, 1.82) is 0 Å². The summed E-state index contributed by atoms with van der Waals surface area (Å²) in [6.45, 7) is 2.54. The van der Waals surface area contributed by atoms with E-state index < -0.39 is 0 Å². The van der Waals surface area contributed by atoms with E-state index in [1.54, 1.807) is 12.1 Å². The van der Waals surface area contributed by atoms with E-state index in [9.17, 15) is 0 Å². The minimum Gasteiger partial charge on any atom is -0.419 e. The summed E-state index contributed by atoms with van der Waals surface area (Å²) >= 11 is 18.4. The zero-order valence-electron chi connectivity index (χ0n) is 13.7. The van der Waals surface area contributed by atoms with E-state index >= 15 is 0 Å². The summed E-state index contributed by atoms with van der Waals surface area (Å²) in [6.07, 6.45) is 0. The molecule has 7 heteroatoms. The van der Waals surface area contributed by atoms with E-state index in [2.05, 4.69) is 22.0 Å². The maximum absolute atomic E-state index is 6.30. The molecule has 0 aliphatic rings. The van der Waals surface area contributed by atoms with Crippen molar-refractivity contribution in [3.63, 3.8) is 0 Å². The Bertz CT molecular complexity index is 882. The second-order valence-corrected chi connectivity index (χ2v) is 6.99. The number of halogens is 3. The number of hydrogen-bond acceptors (Lipinski definition) is 4. The fourth-order valence-electron chi connectivity index (χ4n) is 2.49. The van der Waals surface area contributed by atoms with Gasteiger partial charge in [0.1, 0.15) is 0 Å². The largest absolute Gasteiger partial charge is 0.419 e. The van der Waals surface area contributed by atoms with E-state index in [-0.39, 0.29) is 6.04 Å². The van der Waals surface area contributed by atoms with Gasteiger partial charge in [0.05, 0.1) is 17.1 Å². The third-order valence-corrected chi connectivity index (χ3v) is 4.92. The van der Waals surface area contributed by atoms with E-state index in [0.717, 1.165) is 11.1 Å². The lowest BCUT2D eigenvalue weighted by molar-refractivity contribution is 0.228. The molecule has 0 amide bonds. The Labute approximate surface area is 161 Å². The lowest BCUT2D eigenvalue weighted by atomic mass is 10.1. The first-order chi connectivity index (χ1) is 12.0. The molecule has 1 unspecified atom stereocenters. The Morgan fingerprint density at radius 1 is 1.04 bits per heavy atom. The highest BCUT2D eigenvalue weighted by Crippen LogP contribution is 2.30. The van der Waals surface area contributed by atoms with Crippen molar-refractivity contribution in [2.45, 2.75) is 19.5 Å². The minimum absolute atomic E-state index is 0.0560. The third kappa shape index (κ3) is 4.15. The van der Waals surface area contributed by atoms with Gasteiger partial charge in [-0.2, -0.15) is 0 Å².